The van der Waals surface area contributed by atoms with Gasteiger partial charge in [-0.25, -0.2) is 9.97 Å². The highest BCUT2D eigenvalue weighted by molar-refractivity contribution is 5.79. The van der Waals surface area contributed by atoms with E-state index < -0.39 is 0 Å². The van der Waals surface area contributed by atoms with Crippen LogP contribution >= 0.6 is 0 Å². The summed E-state index contributed by atoms with van der Waals surface area (Å²) in [5.41, 5.74) is 4.61. The van der Waals surface area contributed by atoms with E-state index in [1.54, 1.807) is 6.20 Å². The summed E-state index contributed by atoms with van der Waals surface area (Å²) in [6, 6.07) is 13.9. The predicted molar refractivity (Wildman–Crippen MR) is 124 cm³/mol. The predicted octanol–water partition coefficient (Wildman–Crippen LogP) is 3.24. The SMILES string of the molecule is Cc1ncc(-c2ccccn2)c(-c2ccc(CNC(=O)CN3CC(C)OC(C)C3)cc2)n1. The normalized spacial score (nSPS) is 19.0. The van der Waals surface area contributed by atoms with Crippen LogP contribution in [0, 0.1) is 6.92 Å². The fourth-order valence-corrected chi connectivity index (χ4v) is 4.05. The molecule has 0 aliphatic carbocycles. The van der Waals surface area contributed by atoms with E-state index >= 15 is 0 Å². The summed E-state index contributed by atoms with van der Waals surface area (Å²) in [5.74, 6) is 0.738. The maximum absolute atomic E-state index is 12.4. The first-order valence-corrected chi connectivity index (χ1v) is 11.0. The molecule has 2 unspecified atom stereocenters. The molecule has 1 aliphatic heterocycles. The van der Waals surface area contributed by atoms with Gasteiger partial charge >= 0.3 is 0 Å². The number of pyridine rings is 1. The van der Waals surface area contributed by atoms with Crippen LogP contribution in [0.1, 0.15) is 25.2 Å². The van der Waals surface area contributed by atoms with Crippen LogP contribution in [0.5, 0.6) is 0 Å². The van der Waals surface area contributed by atoms with Gasteiger partial charge in [0.15, 0.2) is 0 Å². The van der Waals surface area contributed by atoms with Gasteiger partial charge in [-0.2, -0.15) is 0 Å². The van der Waals surface area contributed by atoms with Crippen molar-refractivity contribution in [3.05, 3.63) is 66.2 Å². The molecule has 1 N–H and O–H groups in total. The molecule has 1 aliphatic rings. The Morgan fingerprint density at radius 3 is 2.53 bits per heavy atom. The van der Waals surface area contributed by atoms with Gasteiger partial charge in [-0.15, -0.1) is 0 Å². The van der Waals surface area contributed by atoms with Gasteiger partial charge in [-0.1, -0.05) is 30.3 Å². The van der Waals surface area contributed by atoms with Crippen molar-refractivity contribution in [3.8, 4) is 22.5 Å². The van der Waals surface area contributed by atoms with Crippen LogP contribution in [-0.4, -0.2) is 57.6 Å². The van der Waals surface area contributed by atoms with Crippen LogP contribution in [0.25, 0.3) is 22.5 Å². The fourth-order valence-electron chi connectivity index (χ4n) is 4.05. The molecule has 7 nitrogen and oxygen atoms in total. The lowest BCUT2D eigenvalue weighted by molar-refractivity contribution is -0.126. The number of carbonyl (C=O) groups excluding carboxylic acids is 1. The van der Waals surface area contributed by atoms with E-state index in [1.807, 2.05) is 69.4 Å². The van der Waals surface area contributed by atoms with Crippen molar-refractivity contribution < 1.29 is 9.53 Å². The number of aryl methyl sites for hydroxylation is 1. The Kier molecular flexibility index (Phi) is 6.87. The number of nitrogens with zero attached hydrogens (tertiary/aromatic N) is 4. The largest absolute Gasteiger partial charge is 0.373 e. The van der Waals surface area contributed by atoms with Gasteiger partial charge < -0.3 is 10.1 Å². The lowest BCUT2D eigenvalue weighted by atomic mass is 10.0. The molecule has 1 aromatic carbocycles. The summed E-state index contributed by atoms with van der Waals surface area (Å²) in [6.45, 7) is 8.41. The summed E-state index contributed by atoms with van der Waals surface area (Å²) < 4.78 is 5.73. The maximum atomic E-state index is 12.4. The average Bonchev–Trinajstić information content (AvgIpc) is 2.78. The minimum Gasteiger partial charge on any atom is -0.373 e. The molecule has 2 atom stereocenters. The zero-order valence-corrected chi connectivity index (χ0v) is 18.8. The molecule has 1 amide bonds. The van der Waals surface area contributed by atoms with E-state index in [-0.39, 0.29) is 18.1 Å². The lowest BCUT2D eigenvalue weighted by Crippen LogP contribution is -2.49. The highest BCUT2D eigenvalue weighted by Crippen LogP contribution is 2.28. The minimum atomic E-state index is 0.0271. The lowest BCUT2D eigenvalue weighted by Gasteiger charge is -2.34. The first kappa shape index (κ1) is 22.0. The number of amides is 1. The molecule has 0 saturated carbocycles. The van der Waals surface area contributed by atoms with Crippen molar-refractivity contribution >= 4 is 5.91 Å². The van der Waals surface area contributed by atoms with Crippen molar-refractivity contribution in [3.63, 3.8) is 0 Å². The number of hydrogen-bond acceptors (Lipinski definition) is 6. The minimum absolute atomic E-state index is 0.0271. The molecule has 3 heterocycles. The van der Waals surface area contributed by atoms with Crippen molar-refractivity contribution in [2.24, 2.45) is 0 Å². The number of ether oxygens (including phenoxy) is 1. The Bertz CT molecular complexity index is 1050. The van der Waals surface area contributed by atoms with Crippen molar-refractivity contribution in [2.75, 3.05) is 19.6 Å². The Hall–Kier alpha value is -3.16. The molecule has 1 saturated heterocycles. The van der Waals surface area contributed by atoms with Crippen LogP contribution in [0.15, 0.2) is 54.9 Å². The number of hydrogen-bond donors (Lipinski definition) is 1. The number of carbonyl (C=O) groups is 1. The van der Waals surface area contributed by atoms with Gasteiger partial charge in [-0.3, -0.25) is 14.7 Å². The van der Waals surface area contributed by atoms with Crippen LogP contribution < -0.4 is 5.32 Å². The van der Waals surface area contributed by atoms with Crippen LogP contribution in [-0.2, 0) is 16.1 Å². The Labute approximate surface area is 188 Å². The van der Waals surface area contributed by atoms with E-state index in [9.17, 15) is 4.79 Å². The van der Waals surface area contributed by atoms with E-state index in [2.05, 4.69) is 25.2 Å². The number of benzene rings is 1. The molecule has 4 rings (SSSR count). The molecule has 0 radical (unpaired) electrons. The molecular weight excluding hydrogens is 402 g/mol. The van der Waals surface area contributed by atoms with Crippen LogP contribution in [0.4, 0.5) is 0 Å². The molecule has 2 aromatic heterocycles. The van der Waals surface area contributed by atoms with Crippen molar-refractivity contribution in [1.29, 1.82) is 0 Å². The molecule has 0 bridgehead atoms. The molecule has 7 heteroatoms. The Morgan fingerprint density at radius 1 is 1.09 bits per heavy atom. The monoisotopic (exact) mass is 431 g/mol. The second-order valence-electron chi connectivity index (χ2n) is 8.32. The van der Waals surface area contributed by atoms with Gasteiger partial charge in [0.05, 0.1) is 30.1 Å². The second-order valence-corrected chi connectivity index (χ2v) is 8.32. The standard InChI is InChI=1S/C25H29N5O2/c1-17-14-30(15-18(2)32-17)16-24(31)28-12-20-7-9-21(10-8-20)25-22(13-27-19(3)29-25)23-6-4-5-11-26-23/h4-11,13,17-18H,12,14-16H2,1-3H3,(H,28,31). The summed E-state index contributed by atoms with van der Waals surface area (Å²) >= 11 is 0. The van der Waals surface area contributed by atoms with E-state index in [0.29, 0.717) is 18.9 Å². The van der Waals surface area contributed by atoms with E-state index in [1.165, 1.54) is 0 Å². The summed E-state index contributed by atoms with van der Waals surface area (Å²) in [5, 5.41) is 3.02. The van der Waals surface area contributed by atoms with Gasteiger partial charge in [0, 0.05) is 43.2 Å². The molecule has 1 fully saturated rings. The molecular formula is C25H29N5O2. The Morgan fingerprint density at radius 2 is 1.84 bits per heavy atom. The van der Waals surface area contributed by atoms with Gasteiger partial charge in [-0.05, 0) is 38.5 Å². The number of aromatic nitrogens is 3. The van der Waals surface area contributed by atoms with Gasteiger partial charge in [0.25, 0.3) is 0 Å². The number of nitrogens with one attached hydrogen (secondary N) is 1. The van der Waals surface area contributed by atoms with Crippen molar-refractivity contribution in [1.82, 2.24) is 25.2 Å². The van der Waals surface area contributed by atoms with E-state index in [4.69, 9.17) is 4.74 Å². The second kappa shape index (κ2) is 9.97. The van der Waals surface area contributed by atoms with E-state index in [0.717, 1.165) is 41.2 Å². The zero-order chi connectivity index (χ0) is 22.5. The first-order chi connectivity index (χ1) is 15.5. The molecule has 0 spiro atoms. The summed E-state index contributed by atoms with van der Waals surface area (Å²) in [6.07, 6.45) is 3.89. The quantitative estimate of drug-likeness (QED) is 0.645. The summed E-state index contributed by atoms with van der Waals surface area (Å²) in [4.78, 5) is 28.0. The topological polar surface area (TPSA) is 80.2 Å². The van der Waals surface area contributed by atoms with Gasteiger partial charge in [0.2, 0.25) is 5.91 Å². The third-order valence-corrected chi connectivity index (χ3v) is 5.43. The zero-order valence-electron chi connectivity index (χ0n) is 18.8. The molecule has 3 aromatic rings. The van der Waals surface area contributed by atoms with Crippen LogP contribution in [0.3, 0.4) is 0 Å². The van der Waals surface area contributed by atoms with Crippen molar-refractivity contribution in [2.45, 2.75) is 39.5 Å². The Balaban J connectivity index is 1.41. The maximum Gasteiger partial charge on any atom is 0.234 e. The summed E-state index contributed by atoms with van der Waals surface area (Å²) in [7, 11) is 0. The highest BCUT2D eigenvalue weighted by atomic mass is 16.5. The molecule has 166 valence electrons. The number of rotatable bonds is 6. The fraction of sp³-hybridized carbons (Fsp3) is 0.360. The smallest absolute Gasteiger partial charge is 0.234 e. The average molecular weight is 432 g/mol. The highest BCUT2D eigenvalue weighted by Gasteiger charge is 2.23. The number of morpholine rings is 1. The first-order valence-electron chi connectivity index (χ1n) is 11.0. The van der Waals surface area contributed by atoms with Gasteiger partial charge in [0.1, 0.15) is 5.82 Å². The third kappa shape index (κ3) is 5.55. The van der Waals surface area contributed by atoms with Crippen LogP contribution in [0.2, 0.25) is 0 Å². The third-order valence-electron chi connectivity index (χ3n) is 5.43. The molecule has 32 heavy (non-hydrogen) atoms.